The number of ether oxygens (including phenoxy) is 3. The molecule has 1 N–H and O–H groups in total. The maximum absolute atomic E-state index is 12.3. The highest BCUT2D eigenvalue weighted by molar-refractivity contribution is 6.74. The van der Waals surface area contributed by atoms with Gasteiger partial charge in [-0.2, -0.15) is 0 Å². The average Bonchev–Trinajstić information content (AvgIpc) is 2.90. The molecule has 27 heavy (non-hydrogen) atoms. The zero-order valence-electron chi connectivity index (χ0n) is 17.7. The van der Waals surface area contributed by atoms with Crippen LogP contribution in [0.1, 0.15) is 65.7 Å². The number of rotatable bonds is 3. The summed E-state index contributed by atoms with van der Waals surface area (Å²) in [5.41, 5.74) is -1.59. The predicted octanol–water partition coefficient (Wildman–Crippen LogP) is 3.52. The van der Waals surface area contributed by atoms with Crippen molar-refractivity contribution in [2.75, 3.05) is 7.11 Å². The van der Waals surface area contributed by atoms with Gasteiger partial charge in [0.2, 0.25) is 0 Å². The third kappa shape index (κ3) is 3.99. The third-order valence-corrected chi connectivity index (χ3v) is 11.5. The molecule has 3 aliphatic rings. The van der Waals surface area contributed by atoms with E-state index in [0.29, 0.717) is 0 Å². The van der Waals surface area contributed by atoms with Crippen molar-refractivity contribution in [2.24, 2.45) is 0 Å². The fraction of sp³-hybridized carbons (Fsp3) is 0.950. The number of carbonyl (C=O) groups is 1. The number of carbonyl (C=O) groups excluding carboxylic acids is 1. The van der Waals surface area contributed by atoms with Crippen LogP contribution in [0.15, 0.2) is 0 Å². The van der Waals surface area contributed by atoms with Gasteiger partial charge in [-0.25, -0.2) is 4.79 Å². The summed E-state index contributed by atoms with van der Waals surface area (Å²) in [7, 11) is -0.809. The number of hydrogen-bond donors (Lipinski definition) is 1. The average molecular weight is 401 g/mol. The van der Waals surface area contributed by atoms with Crippen LogP contribution in [0, 0.1) is 0 Å². The van der Waals surface area contributed by atoms with Crippen molar-refractivity contribution >= 4 is 14.3 Å². The molecule has 1 spiro atoms. The first-order valence-corrected chi connectivity index (χ1v) is 13.2. The lowest BCUT2D eigenvalue weighted by Crippen LogP contribution is -2.59. The number of fused-ring (bicyclic) bond motifs is 1. The van der Waals surface area contributed by atoms with E-state index in [1.54, 1.807) is 0 Å². The summed E-state index contributed by atoms with van der Waals surface area (Å²) < 4.78 is 24.4. The molecule has 2 saturated carbocycles. The van der Waals surface area contributed by atoms with E-state index >= 15 is 0 Å². The standard InChI is InChI=1S/C20H36O6Si/c1-18(2,3)27(5,6)26-15-13-19(22,17(21)23-4)12-14-16(15)25-20(24-14)10-8-7-9-11-20/h14-16,22H,7-13H2,1-6H3/t14-,15-,16-,19?/m1/s1. The van der Waals surface area contributed by atoms with Crippen molar-refractivity contribution in [1.29, 1.82) is 0 Å². The molecule has 0 radical (unpaired) electrons. The number of aliphatic hydroxyl groups is 1. The summed E-state index contributed by atoms with van der Waals surface area (Å²) in [6, 6.07) is 0. The molecule has 1 heterocycles. The largest absolute Gasteiger partial charge is 0.467 e. The second-order valence-electron chi connectivity index (χ2n) is 10.1. The molecule has 4 atom stereocenters. The highest BCUT2D eigenvalue weighted by Crippen LogP contribution is 2.49. The normalized spacial score (nSPS) is 36.5. The Morgan fingerprint density at radius 2 is 1.74 bits per heavy atom. The Balaban J connectivity index is 1.88. The molecule has 1 unspecified atom stereocenters. The van der Waals surface area contributed by atoms with Gasteiger partial charge in [0.25, 0.3) is 0 Å². The van der Waals surface area contributed by atoms with Gasteiger partial charge < -0.3 is 23.7 Å². The van der Waals surface area contributed by atoms with E-state index in [-0.39, 0.29) is 36.2 Å². The lowest BCUT2D eigenvalue weighted by atomic mass is 9.80. The van der Waals surface area contributed by atoms with Crippen molar-refractivity contribution in [3.05, 3.63) is 0 Å². The number of methoxy groups -OCH3 is 1. The van der Waals surface area contributed by atoms with Gasteiger partial charge in [-0.15, -0.1) is 0 Å². The predicted molar refractivity (Wildman–Crippen MR) is 104 cm³/mol. The van der Waals surface area contributed by atoms with Crippen molar-refractivity contribution < 1.29 is 28.5 Å². The van der Waals surface area contributed by atoms with E-state index in [0.717, 1.165) is 25.7 Å². The van der Waals surface area contributed by atoms with Crippen molar-refractivity contribution in [3.8, 4) is 0 Å². The minimum absolute atomic E-state index is 0.0192. The van der Waals surface area contributed by atoms with Crippen molar-refractivity contribution in [2.45, 2.75) is 114 Å². The van der Waals surface area contributed by atoms with Crippen LogP contribution < -0.4 is 0 Å². The summed E-state index contributed by atoms with van der Waals surface area (Å²) in [5.74, 6) is -1.19. The van der Waals surface area contributed by atoms with Gasteiger partial charge in [0.15, 0.2) is 19.7 Å². The van der Waals surface area contributed by atoms with E-state index in [1.165, 1.54) is 13.5 Å². The Labute approximate surface area is 164 Å². The van der Waals surface area contributed by atoms with Crippen LogP contribution in [-0.2, 0) is 23.4 Å². The van der Waals surface area contributed by atoms with Gasteiger partial charge >= 0.3 is 5.97 Å². The zero-order valence-corrected chi connectivity index (χ0v) is 18.7. The molecule has 6 nitrogen and oxygen atoms in total. The molecule has 1 aliphatic heterocycles. The molecule has 156 valence electrons. The molecule has 1 saturated heterocycles. The third-order valence-electron chi connectivity index (χ3n) is 6.96. The highest BCUT2D eigenvalue weighted by Gasteiger charge is 2.60. The van der Waals surface area contributed by atoms with Crippen molar-refractivity contribution in [3.63, 3.8) is 0 Å². The summed E-state index contributed by atoms with van der Waals surface area (Å²) in [6.45, 7) is 10.9. The molecule has 3 rings (SSSR count). The molecule has 0 bridgehead atoms. The molecule has 0 aromatic rings. The summed E-state index contributed by atoms with van der Waals surface area (Å²) in [6.07, 6.45) is 4.49. The molecule has 3 fully saturated rings. The van der Waals surface area contributed by atoms with E-state index < -0.39 is 25.7 Å². The van der Waals surface area contributed by atoms with E-state index in [4.69, 9.17) is 18.6 Å². The fourth-order valence-corrected chi connectivity index (χ4v) is 5.71. The minimum Gasteiger partial charge on any atom is -0.467 e. The quantitative estimate of drug-likeness (QED) is 0.577. The van der Waals surface area contributed by atoms with Gasteiger partial charge in [0.1, 0.15) is 6.10 Å². The molecule has 0 aromatic heterocycles. The summed E-state index contributed by atoms with van der Waals surface area (Å²) >= 11 is 0. The molecule has 7 heteroatoms. The Morgan fingerprint density at radius 3 is 2.30 bits per heavy atom. The fourth-order valence-electron chi connectivity index (χ4n) is 4.38. The van der Waals surface area contributed by atoms with Gasteiger partial charge in [-0.05, 0) is 31.0 Å². The summed E-state index contributed by atoms with van der Waals surface area (Å²) in [4.78, 5) is 12.3. The van der Waals surface area contributed by atoms with Gasteiger partial charge in [-0.3, -0.25) is 0 Å². The Hall–Kier alpha value is -0.473. The van der Waals surface area contributed by atoms with Crippen LogP contribution in [0.2, 0.25) is 18.1 Å². The molecular formula is C20H36O6Si. The smallest absolute Gasteiger partial charge is 0.338 e. The van der Waals surface area contributed by atoms with E-state index in [1.807, 2.05) is 0 Å². The van der Waals surface area contributed by atoms with Crippen molar-refractivity contribution in [1.82, 2.24) is 0 Å². The van der Waals surface area contributed by atoms with Crippen LogP contribution in [0.4, 0.5) is 0 Å². The van der Waals surface area contributed by atoms with Gasteiger partial charge in [0.05, 0.1) is 19.3 Å². The SMILES string of the molecule is COC(=O)C1(O)C[C@H]2OC3(CCCCC3)O[C@H]2[C@H](O[Si](C)(C)C(C)(C)C)C1. The minimum atomic E-state index is -2.12. The highest BCUT2D eigenvalue weighted by atomic mass is 28.4. The zero-order chi connectivity index (χ0) is 20.1. The maximum atomic E-state index is 12.3. The molecule has 2 aliphatic carbocycles. The van der Waals surface area contributed by atoms with Crippen LogP contribution in [0.25, 0.3) is 0 Å². The van der Waals surface area contributed by atoms with Crippen LogP contribution in [-0.4, -0.2) is 56.2 Å². The van der Waals surface area contributed by atoms with E-state index in [2.05, 4.69) is 33.9 Å². The topological polar surface area (TPSA) is 74.2 Å². The van der Waals surface area contributed by atoms with Gasteiger partial charge in [-0.1, -0.05) is 27.2 Å². The number of hydrogen-bond acceptors (Lipinski definition) is 6. The lowest BCUT2D eigenvalue weighted by Gasteiger charge is -2.45. The van der Waals surface area contributed by atoms with Crippen LogP contribution in [0.5, 0.6) is 0 Å². The lowest BCUT2D eigenvalue weighted by molar-refractivity contribution is -0.198. The monoisotopic (exact) mass is 400 g/mol. The molecule has 0 amide bonds. The summed E-state index contributed by atoms with van der Waals surface area (Å²) in [5, 5.41) is 11.1. The second kappa shape index (κ2) is 7.09. The second-order valence-corrected chi connectivity index (χ2v) is 14.8. The first kappa shape index (κ1) is 21.2. The Kier molecular flexibility index (Phi) is 5.58. The Bertz CT molecular complexity index is 565. The first-order valence-electron chi connectivity index (χ1n) is 10.3. The van der Waals surface area contributed by atoms with Crippen LogP contribution >= 0.6 is 0 Å². The Morgan fingerprint density at radius 1 is 1.11 bits per heavy atom. The van der Waals surface area contributed by atoms with Crippen LogP contribution in [0.3, 0.4) is 0 Å². The number of esters is 1. The van der Waals surface area contributed by atoms with Gasteiger partial charge in [0, 0.05) is 25.7 Å². The molecule has 0 aromatic carbocycles. The first-order chi connectivity index (χ1) is 12.4. The maximum Gasteiger partial charge on any atom is 0.338 e. The molecular weight excluding hydrogens is 364 g/mol. The van der Waals surface area contributed by atoms with E-state index in [9.17, 15) is 9.90 Å².